The predicted octanol–water partition coefficient (Wildman–Crippen LogP) is 1.97. The van der Waals surface area contributed by atoms with Crippen LogP contribution in [0.15, 0.2) is 0 Å². The molecule has 0 aliphatic rings. The topological polar surface area (TPSA) is 49.3 Å². The van der Waals surface area contributed by atoms with Crippen molar-refractivity contribution in [3.8, 4) is 0 Å². The standard InChI is InChI=1S/C10H21NO2S/c1-7(2)11-8(9(12)13)6-14-10(3,4)5/h7-8,11H,6H2,1-5H3,(H,12,13)/t8-/m1/s1. The van der Waals surface area contributed by atoms with Crippen molar-refractivity contribution in [3.05, 3.63) is 0 Å². The monoisotopic (exact) mass is 219 g/mol. The molecule has 14 heavy (non-hydrogen) atoms. The van der Waals surface area contributed by atoms with Crippen molar-refractivity contribution >= 4 is 17.7 Å². The van der Waals surface area contributed by atoms with E-state index in [2.05, 4.69) is 26.1 Å². The van der Waals surface area contributed by atoms with Gasteiger partial charge in [-0.25, -0.2) is 0 Å². The van der Waals surface area contributed by atoms with E-state index in [-0.39, 0.29) is 10.8 Å². The molecule has 0 unspecified atom stereocenters. The van der Waals surface area contributed by atoms with Crippen molar-refractivity contribution in [3.63, 3.8) is 0 Å². The molecule has 0 aromatic heterocycles. The van der Waals surface area contributed by atoms with Crippen molar-refractivity contribution in [1.82, 2.24) is 5.32 Å². The first-order valence-electron chi connectivity index (χ1n) is 4.85. The highest BCUT2D eigenvalue weighted by atomic mass is 32.2. The van der Waals surface area contributed by atoms with Gasteiger partial charge in [0.25, 0.3) is 0 Å². The fourth-order valence-electron chi connectivity index (χ4n) is 0.926. The average molecular weight is 219 g/mol. The molecule has 0 bridgehead atoms. The molecule has 1 atom stereocenters. The fraction of sp³-hybridized carbons (Fsp3) is 0.900. The van der Waals surface area contributed by atoms with E-state index in [0.717, 1.165) is 0 Å². The van der Waals surface area contributed by atoms with Crippen molar-refractivity contribution in [2.45, 2.75) is 51.4 Å². The number of aliphatic carboxylic acids is 1. The van der Waals surface area contributed by atoms with Crippen molar-refractivity contribution in [1.29, 1.82) is 0 Å². The Morgan fingerprint density at radius 1 is 1.43 bits per heavy atom. The number of hydrogen-bond acceptors (Lipinski definition) is 3. The summed E-state index contributed by atoms with van der Waals surface area (Å²) in [6.07, 6.45) is 0. The van der Waals surface area contributed by atoms with E-state index in [4.69, 9.17) is 5.11 Å². The fourth-order valence-corrected chi connectivity index (χ4v) is 1.83. The molecular formula is C10H21NO2S. The second-order valence-corrected chi connectivity index (χ2v) is 6.48. The normalized spacial score (nSPS) is 14.4. The zero-order chi connectivity index (χ0) is 11.4. The van der Waals surface area contributed by atoms with E-state index in [1.54, 1.807) is 11.8 Å². The Morgan fingerprint density at radius 2 is 1.93 bits per heavy atom. The molecule has 0 spiro atoms. The van der Waals surface area contributed by atoms with Crippen molar-refractivity contribution in [2.24, 2.45) is 0 Å². The first-order valence-corrected chi connectivity index (χ1v) is 5.84. The summed E-state index contributed by atoms with van der Waals surface area (Å²) in [6.45, 7) is 10.2. The zero-order valence-corrected chi connectivity index (χ0v) is 10.4. The third-order valence-electron chi connectivity index (χ3n) is 1.52. The van der Waals surface area contributed by atoms with E-state index < -0.39 is 12.0 Å². The Hall–Kier alpha value is -0.220. The molecule has 0 aliphatic heterocycles. The molecule has 0 radical (unpaired) electrons. The summed E-state index contributed by atoms with van der Waals surface area (Å²) < 4.78 is 0.117. The number of rotatable bonds is 5. The second kappa shape index (κ2) is 5.61. The summed E-state index contributed by atoms with van der Waals surface area (Å²) in [5.41, 5.74) is 0. The van der Waals surface area contributed by atoms with Gasteiger partial charge in [0.05, 0.1) is 0 Å². The number of thioether (sulfide) groups is 1. The second-order valence-electron chi connectivity index (χ2n) is 4.64. The van der Waals surface area contributed by atoms with E-state index >= 15 is 0 Å². The number of carbonyl (C=O) groups is 1. The highest BCUT2D eigenvalue weighted by Crippen LogP contribution is 2.23. The third-order valence-corrected chi connectivity index (χ3v) is 2.88. The van der Waals surface area contributed by atoms with Gasteiger partial charge >= 0.3 is 5.97 Å². The lowest BCUT2D eigenvalue weighted by atomic mass is 10.2. The molecule has 0 saturated carbocycles. The number of carboxylic acids is 1. The van der Waals surface area contributed by atoms with Crippen LogP contribution < -0.4 is 5.32 Å². The minimum atomic E-state index is -0.768. The average Bonchev–Trinajstić information content (AvgIpc) is 1.94. The smallest absolute Gasteiger partial charge is 0.321 e. The summed E-state index contributed by atoms with van der Waals surface area (Å²) in [5.74, 6) is -0.160. The largest absolute Gasteiger partial charge is 0.480 e. The van der Waals surface area contributed by atoms with E-state index in [1.807, 2.05) is 13.8 Å². The van der Waals surface area contributed by atoms with Crippen LogP contribution in [0.1, 0.15) is 34.6 Å². The molecule has 0 amide bonds. The maximum absolute atomic E-state index is 10.9. The summed E-state index contributed by atoms with van der Waals surface area (Å²) in [7, 11) is 0. The van der Waals surface area contributed by atoms with Crippen LogP contribution in [-0.2, 0) is 4.79 Å². The summed E-state index contributed by atoms with van der Waals surface area (Å²) in [6, 6.07) is -0.240. The van der Waals surface area contributed by atoms with Crippen LogP contribution in [0, 0.1) is 0 Å². The van der Waals surface area contributed by atoms with E-state index in [1.165, 1.54) is 0 Å². The van der Waals surface area contributed by atoms with Crippen molar-refractivity contribution in [2.75, 3.05) is 5.75 Å². The van der Waals surface area contributed by atoms with Gasteiger partial charge in [0.15, 0.2) is 0 Å². The molecule has 0 aromatic rings. The van der Waals surface area contributed by atoms with Crippen LogP contribution in [0.2, 0.25) is 0 Å². The Balaban J connectivity index is 4.05. The van der Waals surface area contributed by atoms with Crippen molar-refractivity contribution < 1.29 is 9.90 Å². The number of nitrogens with one attached hydrogen (secondary N) is 1. The molecule has 4 heteroatoms. The lowest BCUT2D eigenvalue weighted by Gasteiger charge is -2.22. The van der Waals surface area contributed by atoms with Gasteiger partial charge in [0.1, 0.15) is 6.04 Å². The number of carboxylic acid groups (broad SMARTS) is 1. The number of hydrogen-bond donors (Lipinski definition) is 2. The molecule has 84 valence electrons. The maximum atomic E-state index is 10.9. The summed E-state index contributed by atoms with van der Waals surface area (Å²) >= 11 is 1.67. The SMILES string of the molecule is CC(C)N[C@H](CSC(C)(C)C)C(=O)O. The van der Waals surface area contributed by atoms with Gasteiger partial charge in [0, 0.05) is 16.5 Å². The molecule has 0 aliphatic carbocycles. The van der Waals surface area contributed by atoms with E-state index in [9.17, 15) is 4.79 Å². The van der Waals surface area contributed by atoms with Gasteiger partial charge < -0.3 is 10.4 Å². The molecular weight excluding hydrogens is 198 g/mol. The Labute approximate surface area is 90.7 Å². The Morgan fingerprint density at radius 3 is 2.21 bits per heavy atom. The Bertz CT molecular complexity index is 187. The molecule has 0 saturated heterocycles. The van der Waals surface area contributed by atoms with Gasteiger partial charge in [-0.1, -0.05) is 34.6 Å². The summed E-state index contributed by atoms with van der Waals surface area (Å²) in [5, 5.41) is 12.0. The van der Waals surface area contributed by atoms with Crippen LogP contribution >= 0.6 is 11.8 Å². The van der Waals surface area contributed by atoms with E-state index in [0.29, 0.717) is 5.75 Å². The Kier molecular flexibility index (Phi) is 5.52. The first kappa shape index (κ1) is 13.8. The lowest BCUT2D eigenvalue weighted by molar-refractivity contribution is -0.139. The zero-order valence-electron chi connectivity index (χ0n) is 9.63. The minimum absolute atomic E-state index is 0.117. The van der Waals surface area contributed by atoms with Crippen LogP contribution in [0.4, 0.5) is 0 Å². The molecule has 3 nitrogen and oxygen atoms in total. The highest BCUT2D eigenvalue weighted by Gasteiger charge is 2.21. The molecule has 2 N–H and O–H groups in total. The molecule has 0 rings (SSSR count). The van der Waals surface area contributed by atoms with Crippen LogP contribution in [0.25, 0.3) is 0 Å². The highest BCUT2D eigenvalue weighted by molar-refractivity contribution is 8.00. The predicted molar refractivity (Wildman–Crippen MR) is 61.9 cm³/mol. The van der Waals surface area contributed by atoms with Crippen LogP contribution in [0.5, 0.6) is 0 Å². The van der Waals surface area contributed by atoms with Crippen LogP contribution in [-0.4, -0.2) is 33.7 Å². The third kappa shape index (κ3) is 7.21. The molecule has 0 heterocycles. The summed E-state index contributed by atoms with van der Waals surface area (Å²) in [4.78, 5) is 10.9. The quantitative estimate of drug-likeness (QED) is 0.742. The molecule has 0 fully saturated rings. The first-order chi connectivity index (χ1) is 6.22. The van der Waals surface area contributed by atoms with Gasteiger partial charge in [-0.05, 0) is 0 Å². The van der Waals surface area contributed by atoms with Crippen LogP contribution in [0.3, 0.4) is 0 Å². The van der Waals surface area contributed by atoms with Gasteiger partial charge in [-0.2, -0.15) is 11.8 Å². The van der Waals surface area contributed by atoms with Gasteiger partial charge in [-0.15, -0.1) is 0 Å². The molecule has 0 aromatic carbocycles. The van der Waals surface area contributed by atoms with Gasteiger partial charge in [-0.3, -0.25) is 4.79 Å². The maximum Gasteiger partial charge on any atom is 0.321 e. The minimum Gasteiger partial charge on any atom is -0.480 e. The lowest BCUT2D eigenvalue weighted by Crippen LogP contribution is -2.43. The van der Waals surface area contributed by atoms with Gasteiger partial charge in [0.2, 0.25) is 0 Å².